The van der Waals surface area contributed by atoms with Crippen LogP contribution in [0.3, 0.4) is 0 Å². The highest BCUT2D eigenvalue weighted by Gasteiger charge is 2.37. The molecule has 100 valence electrons. The predicted octanol–water partition coefficient (Wildman–Crippen LogP) is 2.74. The van der Waals surface area contributed by atoms with Crippen LogP contribution in [-0.4, -0.2) is 27.8 Å². The van der Waals surface area contributed by atoms with E-state index in [0.29, 0.717) is 0 Å². The van der Waals surface area contributed by atoms with Crippen molar-refractivity contribution in [3.8, 4) is 11.5 Å². The third-order valence-corrected chi connectivity index (χ3v) is 4.06. The lowest BCUT2D eigenvalue weighted by atomic mass is 9.78. The van der Waals surface area contributed by atoms with Crippen LogP contribution in [-0.2, 0) is 5.41 Å². The summed E-state index contributed by atoms with van der Waals surface area (Å²) in [4.78, 5) is 0. The summed E-state index contributed by atoms with van der Waals surface area (Å²) in [6.07, 6.45) is 5.07. The van der Waals surface area contributed by atoms with E-state index in [-0.39, 0.29) is 5.41 Å². The third kappa shape index (κ3) is 2.32. The quantitative estimate of drug-likeness (QED) is 0.870. The molecule has 0 amide bonds. The molecular formula is C15H23NO2. The first-order chi connectivity index (χ1) is 8.75. The number of methoxy groups -OCH3 is 2. The summed E-state index contributed by atoms with van der Waals surface area (Å²) in [7, 11) is 5.45. The summed E-state index contributed by atoms with van der Waals surface area (Å²) >= 11 is 0. The van der Waals surface area contributed by atoms with Crippen molar-refractivity contribution in [3.63, 3.8) is 0 Å². The SMILES string of the molecule is CNCC1(c2ccc(OC)cc2OC)CCCC1. The Morgan fingerprint density at radius 3 is 2.44 bits per heavy atom. The van der Waals surface area contributed by atoms with Gasteiger partial charge in [-0.1, -0.05) is 18.9 Å². The summed E-state index contributed by atoms with van der Waals surface area (Å²) in [5.41, 5.74) is 1.55. The second-order valence-corrected chi connectivity index (χ2v) is 5.08. The van der Waals surface area contributed by atoms with Crippen LogP contribution in [0.5, 0.6) is 11.5 Å². The van der Waals surface area contributed by atoms with E-state index in [1.165, 1.54) is 31.2 Å². The van der Waals surface area contributed by atoms with E-state index in [4.69, 9.17) is 9.47 Å². The molecule has 1 N–H and O–H groups in total. The molecule has 1 aliphatic rings. The van der Waals surface area contributed by atoms with Crippen molar-refractivity contribution in [2.45, 2.75) is 31.1 Å². The van der Waals surface area contributed by atoms with Gasteiger partial charge in [0, 0.05) is 23.6 Å². The standard InChI is InChI=1S/C15H23NO2/c1-16-11-15(8-4-5-9-15)13-7-6-12(17-2)10-14(13)18-3/h6-7,10,16H,4-5,8-9,11H2,1-3H3. The van der Waals surface area contributed by atoms with Crippen LogP contribution in [0.25, 0.3) is 0 Å². The fourth-order valence-electron chi connectivity index (χ4n) is 3.17. The summed E-state index contributed by atoms with van der Waals surface area (Å²) in [6, 6.07) is 6.19. The lowest BCUT2D eigenvalue weighted by Gasteiger charge is -2.31. The van der Waals surface area contributed by atoms with Crippen molar-refractivity contribution in [1.82, 2.24) is 5.32 Å². The minimum atomic E-state index is 0.229. The van der Waals surface area contributed by atoms with Crippen LogP contribution in [0.4, 0.5) is 0 Å². The molecule has 0 heterocycles. The molecule has 0 radical (unpaired) electrons. The Balaban J connectivity index is 2.40. The van der Waals surface area contributed by atoms with Crippen molar-refractivity contribution in [1.29, 1.82) is 0 Å². The number of hydrogen-bond acceptors (Lipinski definition) is 3. The van der Waals surface area contributed by atoms with Crippen LogP contribution in [0.2, 0.25) is 0 Å². The van der Waals surface area contributed by atoms with Gasteiger partial charge in [0.1, 0.15) is 11.5 Å². The highest BCUT2D eigenvalue weighted by molar-refractivity contribution is 5.45. The first kappa shape index (κ1) is 13.2. The molecule has 1 aliphatic carbocycles. The molecule has 1 fully saturated rings. The van der Waals surface area contributed by atoms with Crippen LogP contribution in [0.15, 0.2) is 18.2 Å². The Bertz CT molecular complexity index is 397. The molecule has 0 bridgehead atoms. The van der Waals surface area contributed by atoms with E-state index in [1.54, 1.807) is 14.2 Å². The summed E-state index contributed by atoms with van der Waals surface area (Å²) < 4.78 is 10.8. The van der Waals surface area contributed by atoms with Gasteiger partial charge in [-0.3, -0.25) is 0 Å². The molecule has 0 atom stereocenters. The minimum Gasteiger partial charge on any atom is -0.497 e. The number of likely N-dealkylation sites (N-methyl/N-ethyl adjacent to an activating group) is 1. The molecule has 0 aliphatic heterocycles. The zero-order chi connectivity index (χ0) is 13.0. The molecule has 3 heteroatoms. The fourth-order valence-corrected chi connectivity index (χ4v) is 3.17. The first-order valence-corrected chi connectivity index (χ1v) is 6.63. The van der Waals surface area contributed by atoms with Gasteiger partial charge in [0.15, 0.2) is 0 Å². The molecular weight excluding hydrogens is 226 g/mol. The molecule has 0 saturated heterocycles. The Labute approximate surface area is 109 Å². The van der Waals surface area contributed by atoms with Crippen molar-refractivity contribution in [3.05, 3.63) is 23.8 Å². The molecule has 2 rings (SSSR count). The van der Waals surface area contributed by atoms with Gasteiger partial charge in [0.05, 0.1) is 14.2 Å². The number of hydrogen-bond donors (Lipinski definition) is 1. The van der Waals surface area contributed by atoms with E-state index < -0.39 is 0 Å². The van der Waals surface area contributed by atoms with E-state index in [2.05, 4.69) is 11.4 Å². The zero-order valence-electron chi connectivity index (χ0n) is 11.6. The molecule has 0 aromatic heterocycles. The van der Waals surface area contributed by atoms with Crippen LogP contribution in [0.1, 0.15) is 31.2 Å². The Hall–Kier alpha value is -1.22. The summed E-state index contributed by atoms with van der Waals surface area (Å²) in [5.74, 6) is 1.81. The average Bonchev–Trinajstić information content (AvgIpc) is 2.88. The number of nitrogens with one attached hydrogen (secondary N) is 1. The van der Waals surface area contributed by atoms with Crippen molar-refractivity contribution in [2.24, 2.45) is 0 Å². The lowest BCUT2D eigenvalue weighted by Crippen LogP contribution is -2.34. The maximum Gasteiger partial charge on any atom is 0.126 e. The highest BCUT2D eigenvalue weighted by Crippen LogP contribution is 2.45. The number of rotatable bonds is 5. The lowest BCUT2D eigenvalue weighted by molar-refractivity contribution is 0.360. The van der Waals surface area contributed by atoms with Crippen molar-refractivity contribution < 1.29 is 9.47 Å². The van der Waals surface area contributed by atoms with E-state index >= 15 is 0 Å². The topological polar surface area (TPSA) is 30.5 Å². The molecule has 3 nitrogen and oxygen atoms in total. The van der Waals surface area contributed by atoms with Crippen molar-refractivity contribution in [2.75, 3.05) is 27.8 Å². The average molecular weight is 249 g/mol. The van der Waals surface area contributed by atoms with Crippen LogP contribution in [0, 0.1) is 0 Å². The van der Waals surface area contributed by atoms with E-state index in [1.807, 2.05) is 19.2 Å². The second-order valence-electron chi connectivity index (χ2n) is 5.08. The fraction of sp³-hybridized carbons (Fsp3) is 0.600. The molecule has 0 unspecified atom stereocenters. The second kappa shape index (κ2) is 5.61. The van der Waals surface area contributed by atoms with Crippen LogP contribution >= 0.6 is 0 Å². The van der Waals surface area contributed by atoms with Gasteiger partial charge >= 0.3 is 0 Å². The van der Waals surface area contributed by atoms with Gasteiger partial charge in [-0.25, -0.2) is 0 Å². The molecule has 1 aromatic carbocycles. The summed E-state index contributed by atoms with van der Waals surface area (Å²) in [5, 5.41) is 3.34. The molecule has 18 heavy (non-hydrogen) atoms. The highest BCUT2D eigenvalue weighted by atomic mass is 16.5. The largest absolute Gasteiger partial charge is 0.497 e. The van der Waals surface area contributed by atoms with Crippen LogP contribution < -0.4 is 14.8 Å². The predicted molar refractivity (Wildman–Crippen MR) is 73.6 cm³/mol. The molecule has 1 aromatic rings. The normalized spacial score (nSPS) is 17.7. The maximum absolute atomic E-state index is 5.56. The zero-order valence-corrected chi connectivity index (χ0v) is 11.6. The first-order valence-electron chi connectivity index (χ1n) is 6.63. The van der Waals surface area contributed by atoms with E-state index in [0.717, 1.165) is 18.0 Å². The van der Waals surface area contributed by atoms with E-state index in [9.17, 15) is 0 Å². The smallest absolute Gasteiger partial charge is 0.126 e. The van der Waals surface area contributed by atoms with Crippen molar-refractivity contribution >= 4 is 0 Å². The minimum absolute atomic E-state index is 0.229. The van der Waals surface area contributed by atoms with Gasteiger partial charge < -0.3 is 14.8 Å². The monoisotopic (exact) mass is 249 g/mol. The van der Waals surface area contributed by atoms with Gasteiger partial charge in [-0.05, 0) is 26.0 Å². The number of ether oxygens (including phenoxy) is 2. The Morgan fingerprint density at radius 1 is 1.17 bits per heavy atom. The van der Waals surface area contributed by atoms with Gasteiger partial charge in [0.2, 0.25) is 0 Å². The molecule has 1 saturated carbocycles. The van der Waals surface area contributed by atoms with Gasteiger partial charge in [0.25, 0.3) is 0 Å². The third-order valence-electron chi connectivity index (χ3n) is 4.06. The van der Waals surface area contributed by atoms with Gasteiger partial charge in [-0.2, -0.15) is 0 Å². The van der Waals surface area contributed by atoms with Gasteiger partial charge in [-0.15, -0.1) is 0 Å². The Morgan fingerprint density at radius 2 is 1.89 bits per heavy atom. The maximum atomic E-state index is 5.56. The Kier molecular flexibility index (Phi) is 4.12. The summed E-state index contributed by atoms with van der Waals surface area (Å²) in [6.45, 7) is 1.01. The molecule has 0 spiro atoms. The number of benzene rings is 1.